The van der Waals surface area contributed by atoms with E-state index in [0.717, 1.165) is 16.5 Å². The number of rotatable bonds is 3. The van der Waals surface area contributed by atoms with Crippen molar-refractivity contribution < 1.29 is 9.59 Å². The molecule has 2 amide bonds. The lowest BCUT2D eigenvalue weighted by Crippen LogP contribution is -2.54. The molecule has 0 spiro atoms. The highest BCUT2D eigenvalue weighted by atomic mass is 16.2. The number of amides is 2. The predicted octanol–water partition coefficient (Wildman–Crippen LogP) is -0.00390. The third kappa shape index (κ3) is 2.75. The summed E-state index contributed by atoms with van der Waals surface area (Å²) in [5.74, 6) is -0.302. The third-order valence-electron chi connectivity index (χ3n) is 3.78. The van der Waals surface area contributed by atoms with Gasteiger partial charge in [-0.3, -0.25) is 9.59 Å². The smallest absolute Gasteiger partial charge is 0.240 e. The van der Waals surface area contributed by atoms with Crippen molar-refractivity contribution in [2.24, 2.45) is 5.73 Å². The van der Waals surface area contributed by atoms with Crippen LogP contribution in [0.15, 0.2) is 30.5 Å². The van der Waals surface area contributed by atoms with Gasteiger partial charge < -0.3 is 20.9 Å². The number of nitrogens with zero attached hydrogens (tertiary/aromatic N) is 1. The molecule has 1 aliphatic heterocycles. The fraction of sp³-hybridized carbons (Fsp3) is 0.333. The number of aromatic amines is 1. The van der Waals surface area contributed by atoms with E-state index in [-0.39, 0.29) is 18.4 Å². The summed E-state index contributed by atoms with van der Waals surface area (Å²) in [5, 5.41) is 3.78. The second-order valence-electron chi connectivity index (χ2n) is 5.28. The van der Waals surface area contributed by atoms with Crippen molar-refractivity contribution in [3.8, 4) is 0 Å². The van der Waals surface area contributed by atoms with Gasteiger partial charge in [0.25, 0.3) is 0 Å². The fourth-order valence-corrected chi connectivity index (χ4v) is 2.69. The Kier molecular flexibility index (Phi) is 3.62. The van der Waals surface area contributed by atoms with E-state index in [0.29, 0.717) is 19.5 Å². The van der Waals surface area contributed by atoms with Gasteiger partial charge in [-0.25, -0.2) is 0 Å². The summed E-state index contributed by atoms with van der Waals surface area (Å²) >= 11 is 0. The van der Waals surface area contributed by atoms with Crippen LogP contribution in [0.2, 0.25) is 0 Å². The van der Waals surface area contributed by atoms with Crippen molar-refractivity contribution in [2.75, 3.05) is 19.6 Å². The molecule has 0 radical (unpaired) electrons. The summed E-state index contributed by atoms with van der Waals surface area (Å²) in [6.07, 6.45) is 2.35. The zero-order valence-electron chi connectivity index (χ0n) is 11.6. The Hall–Kier alpha value is -2.34. The molecule has 1 fully saturated rings. The van der Waals surface area contributed by atoms with Crippen LogP contribution in [0.25, 0.3) is 10.9 Å². The van der Waals surface area contributed by atoms with Gasteiger partial charge in [0.15, 0.2) is 0 Å². The summed E-state index contributed by atoms with van der Waals surface area (Å²) < 4.78 is 0. The molecule has 1 aliphatic rings. The van der Waals surface area contributed by atoms with E-state index in [1.54, 1.807) is 0 Å². The number of benzene rings is 1. The first-order chi connectivity index (χ1) is 10.1. The molecule has 4 N–H and O–H groups in total. The summed E-state index contributed by atoms with van der Waals surface area (Å²) in [6.45, 7) is 1.11. The number of H-pyrrole nitrogens is 1. The van der Waals surface area contributed by atoms with Crippen molar-refractivity contribution in [1.82, 2.24) is 15.2 Å². The van der Waals surface area contributed by atoms with Crippen LogP contribution in [-0.2, 0) is 16.0 Å². The number of hydrogen-bond acceptors (Lipinski definition) is 3. The van der Waals surface area contributed by atoms with Gasteiger partial charge in [-0.05, 0) is 18.1 Å². The Labute approximate surface area is 122 Å². The number of nitrogens with one attached hydrogen (secondary N) is 2. The molecule has 21 heavy (non-hydrogen) atoms. The number of para-hydroxylation sites is 1. The maximum atomic E-state index is 12.3. The molecule has 3 rings (SSSR count). The van der Waals surface area contributed by atoms with Crippen molar-refractivity contribution in [2.45, 2.75) is 12.5 Å². The first-order valence-corrected chi connectivity index (χ1v) is 7.01. The summed E-state index contributed by atoms with van der Waals surface area (Å²) in [7, 11) is 0. The number of carbonyl (C=O) groups is 2. The van der Waals surface area contributed by atoms with Gasteiger partial charge >= 0.3 is 0 Å². The van der Waals surface area contributed by atoms with Crippen LogP contribution in [0.1, 0.15) is 5.56 Å². The molecule has 1 aromatic heterocycles. The van der Waals surface area contributed by atoms with Gasteiger partial charge in [-0.1, -0.05) is 18.2 Å². The van der Waals surface area contributed by atoms with Crippen LogP contribution < -0.4 is 11.1 Å². The lowest BCUT2D eigenvalue weighted by Gasteiger charge is -2.28. The molecule has 1 saturated heterocycles. The molecule has 2 heterocycles. The van der Waals surface area contributed by atoms with E-state index in [2.05, 4.69) is 10.3 Å². The average molecular weight is 286 g/mol. The van der Waals surface area contributed by atoms with Crippen LogP contribution >= 0.6 is 0 Å². The van der Waals surface area contributed by atoms with Gasteiger partial charge in [-0.2, -0.15) is 0 Å². The first-order valence-electron chi connectivity index (χ1n) is 7.01. The molecule has 0 saturated carbocycles. The highest BCUT2D eigenvalue weighted by Gasteiger charge is 2.26. The summed E-state index contributed by atoms with van der Waals surface area (Å²) in [5.41, 5.74) is 8.09. The zero-order chi connectivity index (χ0) is 14.8. The Bertz CT molecular complexity index is 679. The van der Waals surface area contributed by atoms with Crippen LogP contribution in [0.4, 0.5) is 0 Å². The number of carbonyl (C=O) groups excluding carboxylic acids is 2. The second-order valence-corrected chi connectivity index (χ2v) is 5.28. The number of fused-ring (bicyclic) bond motifs is 1. The van der Waals surface area contributed by atoms with E-state index in [4.69, 9.17) is 5.73 Å². The maximum Gasteiger partial charge on any atom is 0.240 e. The second kappa shape index (κ2) is 5.57. The molecule has 1 atom stereocenters. The summed E-state index contributed by atoms with van der Waals surface area (Å²) in [4.78, 5) is 28.4. The lowest BCUT2D eigenvalue weighted by atomic mass is 10.0. The molecular weight excluding hydrogens is 268 g/mol. The minimum atomic E-state index is -0.630. The average Bonchev–Trinajstić information content (AvgIpc) is 2.90. The van der Waals surface area contributed by atoms with Crippen LogP contribution in [-0.4, -0.2) is 47.4 Å². The minimum Gasteiger partial charge on any atom is -0.361 e. The van der Waals surface area contributed by atoms with Crippen molar-refractivity contribution in [1.29, 1.82) is 0 Å². The molecule has 2 aromatic rings. The standard InChI is InChI=1S/C15H18N4O2/c16-12(15(21)19-6-5-17-14(20)9-19)7-10-8-18-13-4-2-1-3-11(10)13/h1-4,8,12,18H,5-7,9,16H2,(H,17,20)/t12-/m0/s1. The largest absolute Gasteiger partial charge is 0.361 e. The molecule has 0 unspecified atom stereocenters. The van der Waals surface area contributed by atoms with Crippen molar-refractivity contribution in [3.05, 3.63) is 36.0 Å². The van der Waals surface area contributed by atoms with Gasteiger partial charge in [0.2, 0.25) is 11.8 Å². The van der Waals surface area contributed by atoms with Crippen LogP contribution in [0.5, 0.6) is 0 Å². The van der Waals surface area contributed by atoms with E-state index in [9.17, 15) is 9.59 Å². The van der Waals surface area contributed by atoms with Crippen molar-refractivity contribution in [3.63, 3.8) is 0 Å². The zero-order valence-corrected chi connectivity index (χ0v) is 11.6. The van der Waals surface area contributed by atoms with Crippen LogP contribution in [0.3, 0.4) is 0 Å². The van der Waals surface area contributed by atoms with E-state index >= 15 is 0 Å². The lowest BCUT2D eigenvalue weighted by molar-refractivity contribution is -0.139. The maximum absolute atomic E-state index is 12.3. The Morgan fingerprint density at radius 3 is 3.00 bits per heavy atom. The monoisotopic (exact) mass is 286 g/mol. The number of piperazine rings is 1. The molecule has 0 bridgehead atoms. The Morgan fingerprint density at radius 2 is 2.19 bits per heavy atom. The van der Waals surface area contributed by atoms with Gasteiger partial charge in [0.05, 0.1) is 12.6 Å². The molecule has 110 valence electrons. The van der Waals surface area contributed by atoms with E-state index in [1.165, 1.54) is 4.90 Å². The normalized spacial score (nSPS) is 16.8. The van der Waals surface area contributed by atoms with Gasteiger partial charge in [-0.15, -0.1) is 0 Å². The predicted molar refractivity (Wildman–Crippen MR) is 79.6 cm³/mol. The van der Waals surface area contributed by atoms with E-state index < -0.39 is 6.04 Å². The SMILES string of the molecule is N[C@@H](Cc1c[nH]c2ccccc12)C(=O)N1CCNC(=O)C1. The van der Waals surface area contributed by atoms with Gasteiger partial charge in [0.1, 0.15) is 0 Å². The minimum absolute atomic E-state index is 0.0976. The number of hydrogen-bond donors (Lipinski definition) is 3. The van der Waals surface area contributed by atoms with E-state index in [1.807, 2.05) is 30.5 Å². The number of aromatic nitrogens is 1. The Balaban J connectivity index is 1.72. The molecule has 6 heteroatoms. The number of nitrogens with two attached hydrogens (primary N) is 1. The summed E-state index contributed by atoms with van der Waals surface area (Å²) in [6, 6.07) is 7.28. The first kappa shape index (κ1) is 13.6. The molecular formula is C15H18N4O2. The molecule has 0 aliphatic carbocycles. The molecule has 6 nitrogen and oxygen atoms in total. The Morgan fingerprint density at radius 1 is 1.38 bits per heavy atom. The topological polar surface area (TPSA) is 91.2 Å². The highest BCUT2D eigenvalue weighted by Crippen LogP contribution is 2.19. The van der Waals surface area contributed by atoms with Crippen LogP contribution in [0, 0.1) is 0 Å². The fourth-order valence-electron chi connectivity index (χ4n) is 2.69. The quantitative estimate of drug-likeness (QED) is 0.741. The third-order valence-corrected chi connectivity index (χ3v) is 3.78. The molecule has 1 aromatic carbocycles. The van der Waals surface area contributed by atoms with Gasteiger partial charge in [0, 0.05) is 30.2 Å². The highest BCUT2D eigenvalue weighted by molar-refractivity contribution is 5.89. The van der Waals surface area contributed by atoms with Crippen molar-refractivity contribution >= 4 is 22.7 Å².